The smallest absolute Gasteiger partial charge is 0.310 e. The van der Waals surface area contributed by atoms with E-state index in [1.54, 1.807) is 47.5 Å². The Balaban J connectivity index is 1.75. The van der Waals surface area contributed by atoms with Gasteiger partial charge in [0.1, 0.15) is 0 Å². The Kier molecular flexibility index (Phi) is 6.24. The Hall–Kier alpha value is -2.67. The van der Waals surface area contributed by atoms with Crippen molar-refractivity contribution < 1.29 is 19.1 Å². The molecule has 0 aliphatic carbocycles. The molecule has 2 aromatic rings. The predicted molar refractivity (Wildman–Crippen MR) is 104 cm³/mol. The van der Waals surface area contributed by atoms with Gasteiger partial charge in [0.25, 0.3) is 11.8 Å². The quantitative estimate of drug-likeness (QED) is 0.799. The van der Waals surface area contributed by atoms with Crippen molar-refractivity contribution in [2.45, 2.75) is 19.8 Å². The fourth-order valence-corrected chi connectivity index (χ4v) is 3.79. The van der Waals surface area contributed by atoms with Crippen molar-refractivity contribution in [3.05, 3.63) is 52.2 Å². The lowest BCUT2D eigenvalue weighted by molar-refractivity contribution is -0.149. The minimum absolute atomic E-state index is 0.190. The molecular formula is C20H22N2O4S. The number of hydrogen-bond donors (Lipinski definition) is 1. The molecule has 1 aromatic heterocycles. The Labute approximate surface area is 162 Å². The van der Waals surface area contributed by atoms with Crippen molar-refractivity contribution in [1.82, 2.24) is 4.90 Å². The first-order valence-corrected chi connectivity index (χ1v) is 9.93. The third kappa shape index (κ3) is 4.54. The molecule has 0 radical (unpaired) electrons. The molecular weight excluding hydrogens is 364 g/mol. The number of piperidine rings is 1. The normalized spacial score (nSPS) is 16.6. The molecule has 2 heterocycles. The summed E-state index contributed by atoms with van der Waals surface area (Å²) in [4.78, 5) is 39.1. The number of thiophene rings is 1. The highest BCUT2D eigenvalue weighted by Crippen LogP contribution is 2.23. The molecule has 0 spiro atoms. The molecule has 1 saturated heterocycles. The molecule has 1 N–H and O–H groups in total. The zero-order valence-electron chi connectivity index (χ0n) is 15.1. The van der Waals surface area contributed by atoms with Gasteiger partial charge in [-0.05, 0) is 43.3 Å². The largest absolute Gasteiger partial charge is 0.466 e. The van der Waals surface area contributed by atoms with Gasteiger partial charge in [0, 0.05) is 18.5 Å². The second-order valence-electron chi connectivity index (χ2n) is 6.35. The van der Waals surface area contributed by atoms with Crippen molar-refractivity contribution >= 4 is 34.8 Å². The highest BCUT2D eigenvalue weighted by atomic mass is 32.1. The summed E-state index contributed by atoms with van der Waals surface area (Å²) >= 11 is 1.44. The average molecular weight is 386 g/mol. The maximum atomic E-state index is 13.0. The number of hydrogen-bond acceptors (Lipinski definition) is 5. The van der Waals surface area contributed by atoms with Crippen LogP contribution in [-0.2, 0) is 9.53 Å². The van der Waals surface area contributed by atoms with Crippen LogP contribution in [0.3, 0.4) is 0 Å². The molecule has 1 unspecified atom stereocenters. The summed E-state index contributed by atoms with van der Waals surface area (Å²) in [5, 5.41) is 6.40. The number of nitrogens with one attached hydrogen (secondary N) is 1. The number of carbonyl (C=O) groups excluding carboxylic acids is 3. The van der Waals surface area contributed by atoms with Gasteiger partial charge in [-0.15, -0.1) is 0 Å². The number of para-hydroxylation sites is 1. The van der Waals surface area contributed by atoms with Gasteiger partial charge in [0.15, 0.2) is 0 Å². The molecule has 2 amide bonds. The summed E-state index contributed by atoms with van der Waals surface area (Å²) in [6, 6.07) is 8.68. The van der Waals surface area contributed by atoms with Gasteiger partial charge in [-0.25, -0.2) is 0 Å². The van der Waals surface area contributed by atoms with Crippen LogP contribution in [0.4, 0.5) is 5.69 Å². The number of esters is 1. The van der Waals surface area contributed by atoms with Crippen LogP contribution in [0.15, 0.2) is 41.1 Å². The van der Waals surface area contributed by atoms with E-state index in [0.29, 0.717) is 36.5 Å². The number of ether oxygens (including phenoxy) is 1. The predicted octanol–water partition coefficient (Wildman–Crippen LogP) is 3.42. The van der Waals surface area contributed by atoms with Crippen LogP contribution in [0.2, 0.25) is 0 Å². The second-order valence-corrected chi connectivity index (χ2v) is 7.13. The van der Waals surface area contributed by atoms with Gasteiger partial charge in [0.05, 0.1) is 29.3 Å². The van der Waals surface area contributed by atoms with Crippen LogP contribution in [-0.4, -0.2) is 42.4 Å². The topological polar surface area (TPSA) is 75.7 Å². The SMILES string of the molecule is CCOC(=O)C1CCCN(C(=O)c2ccccc2NC(=O)c2ccsc2)C1. The molecule has 1 aliphatic heterocycles. The molecule has 27 heavy (non-hydrogen) atoms. The maximum absolute atomic E-state index is 13.0. The van der Waals surface area contributed by atoms with Gasteiger partial charge in [-0.1, -0.05) is 12.1 Å². The molecule has 1 fully saturated rings. The molecule has 6 nitrogen and oxygen atoms in total. The van der Waals surface area contributed by atoms with E-state index in [2.05, 4.69) is 5.32 Å². The van der Waals surface area contributed by atoms with Crippen LogP contribution in [0, 0.1) is 5.92 Å². The highest BCUT2D eigenvalue weighted by Gasteiger charge is 2.30. The van der Waals surface area contributed by atoms with Crippen molar-refractivity contribution in [2.24, 2.45) is 5.92 Å². The standard InChI is InChI=1S/C20H22N2O4S/c1-2-26-20(25)14-6-5-10-22(12-14)19(24)16-7-3-4-8-17(16)21-18(23)15-9-11-27-13-15/h3-4,7-9,11,13-14H,2,5-6,10,12H2,1H3,(H,21,23). The number of amides is 2. The molecule has 1 atom stereocenters. The first-order valence-electron chi connectivity index (χ1n) is 8.98. The zero-order valence-corrected chi connectivity index (χ0v) is 16.0. The van der Waals surface area contributed by atoms with Gasteiger partial charge in [0.2, 0.25) is 0 Å². The minimum Gasteiger partial charge on any atom is -0.466 e. The lowest BCUT2D eigenvalue weighted by Gasteiger charge is -2.32. The molecule has 3 rings (SSSR count). The van der Waals surface area contributed by atoms with Gasteiger partial charge < -0.3 is 15.0 Å². The van der Waals surface area contributed by atoms with Crippen LogP contribution >= 0.6 is 11.3 Å². The number of nitrogens with zero attached hydrogens (tertiary/aromatic N) is 1. The van der Waals surface area contributed by atoms with E-state index >= 15 is 0 Å². The van der Waals surface area contributed by atoms with Gasteiger partial charge in [-0.2, -0.15) is 11.3 Å². The van der Waals surface area contributed by atoms with E-state index in [4.69, 9.17) is 4.74 Å². The third-order valence-electron chi connectivity index (χ3n) is 4.52. The van der Waals surface area contributed by atoms with Crippen LogP contribution in [0.1, 0.15) is 40.5 Å². The number of benzene rings is 1. The summed E-state index contributed by atoms with van der Waals surface area (Å²) in [5.41, 5.74) is 1.45. The molecule has 7 heteroatoms. The van der Waals surface area contributed by atoms with Gasteiger partial charge in [-0.3, -0.25) is 14.4 Å². The lowest BCUT2D eigenvalue weighted by atomic mass is 9.97. The first-order chi connectivity index (χ1) is 13.1. The third-order valence-corrected chi connectivity index (χ3v) is 5.20. The Morgan fingerprint density at radius 2 is 2.07 bits per heavy atom. The molecule has 0 bridgehead atoms. The summed E-state index contributed by atoms with van der Waals surface area (Å²) in [7, 11) is 0. The Morgan fingerprint density at radius 3 is 2.81 bits per heavy atom. The van der Waals surface area contributed by atoms with E-state index < -0.39 is 0 Å². The lowest BCUT2D eigenvalue weighted by Crippen LogP contribution is -2.43. The fraction of sp³-hybridized carbons (Fsp3) is 0.350. The zero-order chi connectivity index (χ0) is 19.2. The molecule has 142 valence electrons. The number of rotatable bonds is 5. The molecule has 0 saturated carbocycles. The molecule has 1 aromatic carbocycles. The number of anilines is 1. The Bertz CT molecular complexity index is 819. The summed E-state index contributed by atoms with van der Waals surface area (Å²) < 4.78 is 5.10. The fourth-order valence-electron chi connectivity index (χ4n) is 3.15. The Morgan fingerprint density at radius 1 is 1.26 bits per heavy atom. The second kappa shape index (κ2) is 8.81. The number of carbonyl (C=O) groups is 3. The summed E-state index contributed by atoms with van der Waals surface area (Å²) in [5.74, 6) is -0.992. The van der Waals surface area contributed by atoms with Crippen LogP contribution < -0.4 is 5.32 Å². The van der Waals surface area contributed by atoms with Crippen LogP contribution in [0.5, 0.6) is 0 Å². The van der Waals surface area contributed by atoms with E-state index in [0.717, 1.165) is 12.8 Å². The molecule has 1 aliphatic rings. The first kappa shape index (κ1) is 19.1. The number of likely N-dealkylation sites (tertiary alicyclic amines) is 1. The van der Waals surface area contributed by atoms with Crippen molar-refractivity contribution in [1.29, 1.82) is 0 Å². The summed E-state index contributed by atoms with van der Waals surface area (Å²) in [6.07, 6.45) is 1.47. The van der Waals surface area contributed by atoms with E-state index in [1.807, 2.05) is 5.38 Å². The van der Waals surface area contributed by atoms with E-state index in [1.165, 1.54) is 11.3 Å². The van der Waals surface area contributed by atoms with Crippen molar-refractivity contribution in [3.63, 3.8) is 0 Å². The van der Waals surface area contributed by atoms with E-state index in [9.17, 15) is 14.4 Å². The van der Waals surface area contributed by atoms with E-state index in [-0.39, 0.29) is 23.7 Å². The monoisotopic (exact) mass is 386 g/mol. The summed E-state index contributed by atoms with van der Waals surface area (Å²) in [6.45, 7) is 3.03. The van der Waals surface area contributed by atoms with Crippen molar-refractivity contribution in [2.75, 3.05) is 25.0 Å². The maximum Gasteiger partial charge on any atom is 0.310 e. The highest BCUT2D eigenvalue weighted by molar-refractivity contribution is 7.08. The minimum atomic E-state index is -0.296. The average Bonchev–Trinajstić information content (AvgIpc) is 3.23. The van der Waals surface area contributed by atoms with Crippen LogP contribution in [0.25, 0.3) is 0 Å². The van der Waals surface area contributed by atoms with Crippen molar-refractivity contribution in [3.8, 4) is 0 Å². The van der Waals surface area contributed by atoms with Gasteiger partial charge >= 0.3 is 5.97 Å².